The van der Waals surface area contributed by atoms with Crippen molar-refractivity contribution in [2.75, 3.05) is 6.54 Å². The van der Waals surface area contributed by atoms with Gasteiger partial charge in [-0.2, -0.15) is 0 Å². The maximum atomic E-state index is 11.9. The van der Waals surface area contributed by atoms with Gasteiger partial charge in [0.1, 0.15) is 5.54 Å². The highest BCUT2D eigenvalue weighted by Crippen LogP contribution is 2.37. The van der Waals surface area contributed by atoms with E-state index in [2.05, 4.69) is 17.1 Å². The molecule has 1 aliphatic heterocycles. The summed E-state index contributed by atoms with van der Waals surface area (Å²) in [4.78, 5) is 14.6. The predicted octanol–water partition coefficient (Wildman–Crippen LogP) is 2.77. The molecule has 4 nitrogen and oxygen atoms in total. The zero-order chi connectivity index (χ0) is 14.9. The van der Waals surface area contributed by atoms with E-state index < -0.39 is 11.5 Å². The van der Waals surface area contributed by atoms with Crippen LogP contribution >= 0.6 is 0 Å². The second-order valence-electron chi connectivity index (χ2n) is 7.35. The maximum absolute atomic E-state index is 11.9. The van der Waals surface area contributed by atoms with Gasteiger partial charge in [0.15, 0.2) is 0 Å². The van der Waals surface area contributed by atoms with Gasteiger partial charge in [-0.3, -0.25) is 15.0 Å². The first-order valence-electron chi connectivity index (χ1n) is 8.91. The smallest absolute Gasteiger partial charge is 0.323 e. The van der Waals surface area contributed by atoms with Gasteiger partial charge >= 0.3 is 5.97 Å². The number of likely N-dealkylation sites (tertiary alicyclic amines) is 1. The topological polar surface area (TPSA) is 52.6 Å². The van der Waals surface area contributed by atoms with Crippen molar-refractivity contribution >= 4 is 5.97 Å². The normalized spacial score (nSPS) is 38.3. The molecule has 2 saturated carbocycles. The second kappa shape index (κ2) is 6.25. The highest BCUT2D eigenvalue weighted by Gasteiger charge is 2.47. The largest absolute Gasteiger partial charge is 0.480 e. The first-order valence-corrected chi connectivity index (χ1v) is 8.91. The van der Waals surface area contributed by atoms with E-state index in [0.29, 0.717) is 18.1 Å². The summed E-state index contributed by atoms with van der Waals surface area (Å²) in [6.45, 7) is 3.45. The third-order valence-electron chi connectivity index (χ3n) is 5.81. The lowest BCUT2D eigenvalue weighted by molar-refractivity contribution is -0.148. The fourth-order valence-electron chi connectivity index (χ4n) is 4.48. The fraction of sp³-hybridized carbons (Fsp3) is 0.941. The second-order valence-corrected chi connectivity index (χ2v) is 7.35. The Labute approximate surface area is 128 Å². The van der Waals surface area contributed by atoms with Crippen LogP contribution in [0.5, 0.6) is 0 Å². The average molecular weight is 294 g/mol. The van der Waals surface area contributed by atoms with E-state index in [1.807, 2.05) is 0 Å². The Morgan fingerprint density at radius 3 is 2.71 bits per heavy atom. The average Bonchev–Trinajstić information content (AvgIpc) is 3.31. The molecule has 0 aromatic carbocycles. The Kier molecular flexibility index (Phi) is 4.55. The summed E-state index contributed by atoms with van der Waals surface area (Å²) >= 11 is 0. The molecule has 3 fully saturated rings. The Hall–Kier alpha value is -0.610. The zero-order valence-electron chi connectivity index (χ0n) is 13.3. The van der Waals surface area contributed by atoms with Gasteiger partial charge in [-0.05, 0) is 64.3 Å². The van der Waals surface area contributed by atoms with Gasteiger partial charge in [0.05, 0.1) is 0 Å². The standard InChI is InChI=1S/C17H30N2O2/c1-2-14-6-3-4-11-19(14)15-7-5-10-17(12-15,16(20)21)18-13-8-9-13/h13-15,18H,2-12H2,1H3,(H,20,21). The molecule has 0 aromatic heterocycles. The first-order chi connectivity index (χ1) is 10.1. The number of rotatable bonds is 5. The number of carbonyl (C=O) groups is 1. The van der Waals surface area contributed by atoms with Gasteiger partial charge in [-0.25, -0.2) is 0 Å². The molecule has 3 unspecified atom stereocenters. The van der Waals surface area contributed by atoms with Gasteiger partial charge in [-0.15, -0.1) is 0 Å². The van der Waals surface area contributed by atoms with Crippen LogP contribution in [0.4, 0.5) is 0 Å². The van der Waals surface area contributed by atoms with Crippen LogP contribution in [0.1, 0.15) is 71.1 Å². The van der Waals surface area contributed by atoms with E-state index in [-0.39, 0.29) is 0 Å². The molecule has 1 saturated heterocycles. The predicted molar refractivity (Wildman–Crippen MR) is 83.4 cm³/mol. The third-order valence-corrected chi connectivity index (χ3v) is 5.81. The van der Waals surface area contributed by atoms with Crippen LogP contribution in [0.25, 0.3) is 0 Å². The Bertz CT molecular complexity index is 383. The van der Waals surface area contributed by atoms with Crippen molar-refractivity contribution in [2.45, 2.75) is 94.8 Å². The fourth-order valence-corrected chi connectivity index (χ4v) is 4.48. The summed E-state index contributed by atoms with van der Waals surface area (Å²) in [6.07, 6.45) is 11.3. The summed E-state index contributed by atoms with van der Waals surface area (Å²) in [6, 6.07) is 1.60. The van der Waals surface area contributed by atoms with E-state index in [1.165, 1.54) is 38.6 Å². The van der Waals surface area contributed by atoms with E-state index in [1.54, 1.807) is 0 Å². The number of nitrogens with zero attached hydrogens (tertiary/aromatic N) is 1. The minimum absolute atomic E-state index is 0.461. The minimum atomic E-state index is -0.653. The number of carboxylic acid groups (broad SMARTS) is 1. The maximum Gasteiger partial charge on any atom is 0.323 e. The van der Waals surface area contributed by atoms with Crippen LogP contribution in [-0.4, -0.2) is 46.2 Å². The lowest BCUT2D eigenvalue weighted by Crippen LogP contribution is -2.60. The molecule has 4 heteroatoms. The van der Waals surface area contributed by atoms with Crippen molar-refractivity contribution in [1.29, 1.82) is 0 Å². The number of hydrogen-bond donors (Lipinski definition) is 2. The summed E-state index contributed by atoms with van der Waals surface area (Å²) in [5, 5.41) is 13.3. The summed E-state index contributed by atoms with van der Waals surface area (Å²) < 4.78 is 0. The van der Waals surface area contributed by atoms with E-state index in [9.17, 15) is 9.90 Å². The molecule has 0 aromatic rings. The van der Waals surface area contributed by atoms with Gasteiger partial charge in [0.2, 0.25) is 0 Å². The first kappa shape index (κ1) is 15.3. The van der Waals surface area contributed by atoms with Crippen LogP contribution < -0.4 is 5.32 Å². The van der Waals surface area contributed by atoms with Crippen LogP contribution in [0.15, 0.2) is 0 Å². The molecule has 3 rings (SSSR count). The van der Waals surface area contributed by atoms with Crippen molar-refractivity contribution < 1.29 is 9.90 Å². The third kappa shape index (κ3) is 3.26. The molecule has 0 radical (unpaired) electrons. The quantitative estimate of drug-likeness (QED) is 0.818. The van der Waals surface area contributed by atoms with Crippen LogP contribution in [0.2, 0.25) is 0 Å². The zero-order valence-corrected chi connectivity index (χ0v) is 13.3. The van der Waals surface area contributed by atoms with Crippen molar-refractivity contribution in [2.24, 2.45) is 0 Å². The molecule has 1 heterocycles. The van der Waals surface area contributed by atoms with E-state index >= 15 is 0 Å². The van der Waals surface area contributed by atoms with Crippen molar-refractivity contribution in [3.05, 3.63) is 0 Å². The Balaban J connectivity index is 1.72. The molecule has 21 heavy (non-hydrogen) atoms. The highest BCUT2D eigenvalue weighted by atomic mass is 16.4. The summed E-state index contributed by atoms with van der Waals surface area (Å²) in [5.41, 5.74) is -0.653. The molecular weight excluding hydrogens is 264 g/mol. The number of piperidine rings is 1. The van der Waals surface area contributed by atoms with Gasteiger partial charge in [0.25, 0.3) is 0 Å². The van der Waals surface area contributed by atoms with Crippen molar-refractivity contribution in [3.8, 4) is 0 Å². The summed E-state index contributed by atoms with van der Waals surface area (Å²) in [7, 11) is 0. The number of aliphatic carboxylic acids is 1. The number of carboxylic acids is 1. The monoisotopic (exact) mass is 294 g/mol. The molecule has 3 aliphatic rings. The molecular formula is C17H30N2O2. The lowest BCUT2D eigenvalue weighted by Gasteiger charge is -2.47. The lowest BCUT2D eigenvalue weighted by atomic mass is 9.77. The minimum Gasteiger partial charge on any atom is -0.480 e. The molecule has 0 spiro atoms. The molecule has 0 bridgehead atoms. The molecule has 3 atom stereocenters. The van der Waals surface area contributed by atoms with Gasteiger partial charge < -0.3 is 5.11 Å². The molecule has 2 aliphatic carbocycles. The number of nitrogens with one attached hydrogen (secondary N) is 1. The van der Waals surface area contributed by atoms with Crippen molar-refractivity contribution in [1.82, 2.24) is 10.2 Å². The van der Waals surface area contributed by atoms with Crippen LogP contribution in [0, 0.1) is 0 Å². The van der Waals surface area contributed by atoms with Crippen LogP contribution in [0.3, 0.4) is 0 Å². The number of hydrogen-bond acceptors (Lipinski definition) is 3. The highest BCUT2D eigenvalue weighted by molar-refractivity contribution is 5.79. The molecule has 2 N–H and O–H groups in total. The molecule has 0 amide bonds. The Morgan fingerprint density at radius 2 is 2.05 bits per heavy atom. The van der Waals surface area contributed by atoms with Gasteiger partial charge in [0, 0.05) is 18.1 Å². The Morgan fingerprint density at radius 1 is 1.24 bits per heavy atom. The van der Waals surface area contributed by atoms with Gasteiger partial charge in [-0.1, -0.05) is 13.3 Å². The van der Waals surface area contributed by atoms with E-state index in [4.69, 9.17) is 0 Å². The van der Waals surface area contributed by atoms with Crippen LogP contribution in [-0.2, 0) is 4.79 Å². The van der Waals surface area contributed by atoms with Crippen molar-refractivity contribution in [3.63, 3.8) is 0 Å². The molecule has 120 valence electrons. The van der Waals surface area contributed by atoms with E-state index in [0.717, 1.165) is 32.1 Å². The SMILES string of the molecule is CCC1CCCCN1C1CCCC(NC2CC2)(C(=O)O)C1. The summed E-state index contributed by atoms with van der Waals surface area (Å²) in [5.74, 6) is -0.621.